The highest BCUT2D eigenvalue weighted by Gasteiger charge is 2.41. The van der Waals surface area contributed by atoms with E-state index >= 15 is 0 Å². The Balaban J connectivity index is 2.15. The minimum atomic E-state index is 0.0756. The quantitative estimate of drug-likeness (QED) is 0.856. The molecule has 0 heterocycles. The highest BCUT2D eigenvalue weighted by Crippen LogP contribution is 2.45. The number of hydrogen-bond acceptors (Lipinski definition) is 3. The third kappa shape index (κ3) is 1.84. The first-order valence-corrected chi connectivity index (χ1v) is 6.91. The smallest absolute Gasteiger partial charge is 0.169 e. The van der Waals surface area contributed by atoms with Gasteiger partial charge in [-0.1, -0.05) is 13.0 Å². The van der Waals surface area contributed by atoms with Gasteiger partial charge in [0.05, 0.1) is 5.57 Å². The second kappa shape index (κ2) is 4.41. The van der Waals surface area contributed by atoms with E-state index in [0.717, 1.165) is 36.8 Å². The standard InChI is InChI=1S/C16H18O3/c1-2-9-8-12(17)5-6-13(9)14-15(18)10-3-4-11(7-10)16(14)19/h5-6,8,10-11,17-18H,2-4,7H2,1H3. The van der Waals surface area contributed by atoms with E-state index in [1.807, 2.05) is 6.92 Å². The summed E-state index contributed by atoms with van der Waals surface area (Å²) in [6.07, 6.45) is 3.32. The molecule has 2 aliphatic carbocycles. The molecule has 3 rings (SSSR count). The molecular formula is C16H18O3. The molecule has 0 saturated heterocycles. The number of hydrogen-bond donors (Lipinski definition) is 2. The van der Waals surface area contributed by atoms with E-state index in [2.05, 4.69) is 0 Å². The number of Topliss-reactive ketones (excluding diaryl/α,β-unsaturated/α-hetero) is 1. The first kappa shape index (κ1) is 12.3. The third-order valence-corrected chi connectivity index (χ3v) is 4.43. The lowest BCUT2D eigenvalue weighted by Crippen LogP contribution is -2.21. The first-order valence-electron chi connectivity index (χ1n) is 6.91. The monoisotopic (exact) mass is 258 g/mol. The molecule has 0 amide bonds. The summed E-state index contributed by atoms with van der Waals surface area (Å²) < 4.78 is 0. The van der Waals surface area contributed by atoms with Crippen LogP contribution in [0.2, 0.25) is 0 Å². The van der Waals surface area contributed by atoms with Crippen molar-refractivity contribution in [1.29, 1.82) is 0 Å². The first-order chi connectivity index (χ1) is 9.11. The molecule has 0 aliphatic heterocycles. The van der Waals surface area contributed by atoms with Gasteiger partial charge >= 0.3 is 0 Å². The molecule has 0 spiro atoms. The Morgan fingerprint density at radius 2 is 1.95 bits per heavy atom. The van der Waals surface area contributed by atoms with Crippen LogP contribution in [0.5, 0.6) is 5.75 Å². The Kier molecular flexibility index (Phi) is 2.85. The number of aliphatic hydroxyl groups is 1. The van der Waals surface area contributed by atoms with Crippen molar-refractivity contribution in [2.45, 2.75) is 32.6 Å². The van der Waals surface area contributed by atoms with Crippen LogP contribution in [0.4, 0.5) is 0 Å². The maximum absolute atomic E-state index is 12.5. The Bertz CT molecular complexity index is 571. The molecule has 0 aromatic heterocycles. The number of carbonyl (C=O) groups is 1. The second-order valence-electron chi connectivity index (χ2n) is 5.53. The van der Waals surface area contributed by atoms with Gasteiger partial charge in [0, 0.05) is 11.8 Å². The Labute approximate surface area is 112 Å². The van der Waals surface area contributed by atoms with Crippen molar-refractivity contribution in [2.75, 3.05) is 0 Å². The Hall–Kier alpha value is -1.77. The number of rotatable bonds is 2. The fourth-order valence-electron chi connectivity index (χ4n) is 3.39. The van der Waals surface area contributed by atoms with Crippen molar-refractivity contribution in [1.82, 2.24) is 0 Å². The molecule has 2 unspecified atom stereocenters. The number of carbonyl (C=O) groups excluding carboxylic acids is 1. The Morgan fingerprint density at radius 3 is 2.68 bits per heavy atom. The van der Waals surface area contributed by atoms with Crippen LogP contribution < -0.4 is 0 Å². The number of benzene rings is 1. The number of aliphatic hydroxyl groups excluding tert-OH is 1. The topological polar surface area (TPSA) is 57.5 Å². The molecule has 19 heavy (non-hydrogen) atoms. The summed E-state index contributed by atoms with van der Waals surface area (Å²) in [5.41, 5.74) is 2.20. The van der Waals surface area contributed by atoms with Gasteiger partial charge in [0.15, 0.2) is 5.78 Å². The SMILES string of the molecule is CCc1cc(O)ccc1C1=C(O)C2CCC(C2)C1=O. The number of aromatic hydroxyl groups is 1. The molecule has 2 atom stereocenters. The van der Waals surface area contributed by atoms with Crippen LogP contribution in [-0.2, 0) is 11.2 Å². The molecule has 2 N–H and O–H groups in total. The zero-order valence-electron chi connectivity index (χ0n) is 11.0. The van der Waals surface area contributed by atoms with Crippen molar-refractivity contribution in [2.24, 2.45) is 11.8 Å². The van der Waals surface area contributed by atoms with E-state index in [0.29, 0.717) is 5.57 Å². The van der Waals surface area contributed by atoms with Crippen LogP contribution in [-0.4, -0.2) is 16.0 Å². The molecule has 2 bridgehead atoms. The lowest BCUT2D eigenvalue weighted by Gasteiger charge is -2.23. The van der Waals surface area contributed by atoms with Gasteiger partial charge in [0.25, 0.3) is 0 Å². The van der Waals surface area contributed by atoms with Gasteiger partial charge in [-0.05, 0) is 48.9 Å². The number of fused-ring (bicyclic) bond motifs is 2. The highest BCUT2D eigenvalue weighted by molar-refractivity contribution is 6.23. The predicted octanol–water partition coefficient (Wildman–Crippen LogP) is 3.22. The summed E-state index contributed by atoms with van der Waals surface area (Å²) in [4.78, 5) is 12.5. The van der Waals surface area contributed by atoms with E-state index in [-0.39, 0.29) is 29.1 Å². The van der Waals surface area contributed by atoms with E-state index in [1.165, 1.54) is 0 Å². The van der Waals surface area contributed by atoms with Gasteiger partial charge in [-0.25, -0.2) is 0 Å². The highest BCUT2D eigenvalue weighted by atomic mass is 16.3. The van der Waals surface area contributed by atoms with Crippen LogP contribution in [0.3, 0.4) is 0 Å². The fraction of sp³-hybridized carbons (Fsp3) is 0.438. The minimum absolute atomic E-state index is 0.0756. The summed E-state index contributed by atoms with van der Waals surface area (Å²) in [6, 6.07) is 5.01. The number of ketones is 1. The Morgan fingerprint density at radius 1 is 1.21 bits per heavy atom. The summed E-state index contributed by atoms with van der Waals surface area (Å²) in [5, 5.41) is 19.9. The molecule has 1 aromatic carbocycles. The molecule has 3 nitrogen and oxygen atoms in total. The lowest BCUT2D eigenvalue weighted by molar-refractivity contribution is -0.117. The van der Waals surface area contributed by atoms with E-state index < -0.39 is 0 Å². The molecular weight excluding hydrogens is 240 g/mol. The predicted molar refractivity (Wildman–Crippen MR) is 72.9 cm³/mol. The molecule has 1 fully saturated rings. The summed E-state index contributed by atoms with van der Waals surface area (Å²) in [7, 11) is 0. The van der Waals surface area contributed by atoms with Crippen molar-refractivity contribution in [3.63, 3.8) is 0 Å². The van der Waals surface area contributed by atoms with Gasteiger partial charge in [0.2, 0.25) is 0 Å². The third-order valence-electron chi connectivity index (χ3n) is 4.43. The fourth-order valence-corrected chi connectivity index (χ4v) is 3.39. The molecule has 1 saturated carbocycles. The van der Waals surface area contributed by atoms with Crippen LogP contribution in [0.15, 0.2) is 24.0 Å². The van der Waals surface area contributed by atoms with Gasteiger partial charge in [-0.3, -0.25) is 4.79 Å². The molecule has 3 heteroatoms. The number of aryl methyl sites for hydroxylation is 1. The zero-order chi connectivity index (χ0) is 13.6. The van der Waals surface area contributed by atoms with Crippen molar-refractivity contribution >= 4 is 11.4 Å². The summed E-state index contributed by atoms with van der Waals surface area (Å²) >= 11 is 0. The molecule has 1 aromatic rings. The normalized spacial score (nSPS) is 26.1. The van der Waals surface area contributed by atoms with E-state index in [1.54, 1.807) is 18.2 Å². The number of phenols is 1. The van der Waals surface area contributed by atoms with E-state index in [4.69, 9.17) is 0 Å². The lowest BCUT2D eigenvalue weighted by atomic mass is 9.81. The van der Waals surface area contributed by atoms with Crippen molar-refractivity contribution in [3.05, 3.63) is 35.1 Å². The van der Waals surface area contributed by atoms with Crippen LogP contribution in [0, 0.1) is 11.8 Å². The molecule has 0 radical (unpaired) electrons. The minimum Gasteiger partial charge on any atom is -0.511 e. The van der Waals surface area contributed by atoms with Gasteiger partial charge in [0.1, 0.15) is 11.5 Å². The van der Waals surface area contributed by atoms with Crippen molar-refractivity contribution in [3.8, 4) is 5.75 Å². The van der Waals surface area contributed by atoms with E-state index in [9.17, 15) is 15.0 Å². The summed E-state index contributed by atoms with van der Waals surface area (Å²) in [5.74, 6) is 0.767. The molecule has 100 valence electrons. The van der Waals surface area contributed by atoms with Crippen molar-refractivity contribution < 1.29 is 15.0 Å². The van der Waals surface area contributed by atoms with Crippen LogP contribution in [0.25, 0.3) is 5.57 Å². The van der Waals surface area contributed by atoms with Crippen LogP contribution >= 0.6 is 0 Å². The number of phenolic OH excluding ortho intramolecular Hbond substituents is 1. The average molecular weight is 258 g/mol. The van der Waals surface area contributed by atoms with Crippen LogP contribution in [0.1, 0.15) is 37.3 Å². The molecule has 2 aliphatic rings. The van der Waals surface area contributed by atoms with Gasteiger partial charge < -0.3 is 10.2 Å². The maximum atomic E-state index is 12.5. The average Bonchev–Trinajstić information content (AvgIpc) is 2.85. The number of allylic oxidation sites excluding steroid dienone is 2. The maximum Gasteiger partial charge on any atom is 0.169 e. The second-order valence-corrected chi connectivity index (χ2v) is 5.53. The van der Waals surface area contributed by atoms with Gasteiger partial charge in [-0.15, -0.1) is 0 Å². The summed E-state index contributed by atoms with van der Waals surface area (Å²) in [6.45, 7) is 1.98. The van der Waals surface area contributed by atoms with Gasteiger partial charge in [-0.2, -0.15) is 0 Å². The largest absolute Gasteiger partial charge is 0.511 e. The zero-order valence-corrected chi connectivity index (χ0v) is 11.0.